The summed E-state index contributed by atoms with van der Waals surface area (Å²) in [6, 6.07) is -0.293. The third kappa shape index (κ3) is 7.33. The third-order valence-corrected chi connectivity index (χ3v) is 2.39. The van der Waals surface area contributed by atoms with Crippen LogP contribution >= 0.6 is 0 Å². The van der Waals surface area contributed by atoms with Gasteiger partial charge >= 0.3 is 0 Å². The largest absolute Gasteiger partial charge is 0.396 e. The maximum Gasteiger partial charge on any atom is 0.237 e. The molecule has 4 heteroatoms. The average Bonchev–Trinajstić information content (AvgIpc) is 2.22. The molecule has 0 heterocycles. The van der Waals surface area contributed by atoms with Gasteiger partial charge in [0.15, 0.2) is 0 Å². The van der Waals surface area contributed by atoms with E-state index in [0.717, 1.165) is 25.7 Å². The number of nitrogens with two attached hydrogens (primary N) is 1. The Labute approximate surface area is 92.2 Å². The quantitative estimate of drug-likeness (QED) is 0.561. The molecular weight excluding hydrogens is 192 g/mol. The van der Waals surface area contributed by atoms with Crippen LogP contribution in [0.1, 0.15) is 46.0 Å². The maximum absolute atomic E-state index is 11.5. The van der Waals surface area contributed by atoms with Crippen molar-refractivity contribution in [3.63, 3.8) is 0 Å². The van der Waals surface area contributed by atoms with Gasteiger partial charge in [-0.25, -0.2) is 0 Å². The van der Waals surface area contributed by atoms with Gasteiger partial charge in [-0.2, -0.15) is 0 Å². The van der Waals surface area contributed by atoms with Crippen LogP contribution in [0.15, 0.2) is 0 Å². The van der Waals surface area contributed by atoms with E-state index in [-0.39, 0.29) is 24.6 Å². The van der Waals surface area contributed by atoms with Gasteiger partial charge in [0.25, 0.3) is 0 Å². The number of hydrogen-bond acceptors (Lipinski definition) is 3. The highest BCUT2D eigenvalue weighted by atomic mass is 16.2. The van der Waals surface area contributed by atoms with Crippen LogP contribution in [0.25, 0.3) is 0 Å². The first kappa shape index (κ1) is 14.4. The predicted octanol–water partition coefficient (Wildman–Crippen LogP) is 0.781. The summed E-state index contributed by atoms with van der Waals surface area (Å²) >= 11 is 0. The molecule has 0 aliphatic rings. The van der Waals surface area contributed by atoms with Gasteiger partial charge in [0.1, 0.15) is 0 Å². The second-order valence-electron chi connectivity index (χ2n) is 4.02. The molecule has 2 atom stereocenters. The molecule has 1 amide bonds. The number of amides is 1. The molecule has 4 N–H and O–H groups in total. The third-order valence-electron chi connectivity index (χ3n) is 2.39. The van der Waals surface area contributed by atoms with Gasteiger partial charge in [-0.1, -0.05) is 19.8 Å². The Hall–Kier alpha value is -0.610. The summed E-state index contributed by atoms with van der Waals surface area (Å²) in [4.78, 5) is 11.5. The number of aliphatic hydroxyl groups is 1. The van der Waals surface area contributed by atoms with Crippen LogP contribution in [0.2, 0.25) is 0 Å². The zero-order valence-electron chi connectivity index (χ0n) is 9.83. The molecule has 1 unspecified atom stereocenters. The van der Waals surface area contributed by atoms with Crippen molar-refractivity contribution in [1.82, 2.24) is 5.32 Å². The van der Waals surface area contributed by atoms with E-state index in [4.69, 9.17) is 10.8 Å². The van der Waals surface area contributed by atoms with E-state index < -0.39 is 0 Å². The fourth-order valence-electron chi connectivity index (χ4n) is 1.37. The van der Waals surface area contributed by atoms with Crippen molar-refractivity contribution in [2.45, 2.75) is 58.0 Å². The molecule has 0 saturated carbocycles. The second kappa shape index (κ2) is 8.68. The van der Waals surface area contributed by atoms with Crippen LogP contribution in [0.3, 0.4) is 0 Å². The highest BCUT2D eigenvalue weighted by molar-refractivity contribution is 5.81. The number of unbranched alkanes of at least 4 members (excludes halogenated alkanes) is 1. The lowest BCUT2D eigenvalue weighted by atomic mass is 10.1. The van der Waals surface area contributed by atoms with Gasteiger partial charge in [0, 0.05) is 12.6 Å². The van der Waals surface area contributed by atoms with Gasteiger partial charge in [-0.05, 0) is 26.2 Å². The van der Waals surface area contributed by atoms with Crippen LogP contribution in [-0.2, 0) is 4.79 Å². The lowest BCUT2D eigenvalue weighted by Gasteiger charge is -2.16. The molecular formula is C11H24N2O2. The summed E-state index contributed by atoms with van der Waals surface area (Å²) < 4.78 is 0. The normalized spacial score (nSPS) is 14.7. The van der Waals surface area contributed by atoms with Gasteiger partial charge in [0.05, 0.1) is 6.04 Å². The lowest BCUT2D eigenvalue weighted by molar-refractivity contribution is -0.123. The van der Waals surface area contributed by atoms with Crippen molar-refractivity contribution >= 4 is 5.91 Å². The van der Waals surface area contributed by atoms with Crippen molar-refractivity contribution in [2.75, 3.05) is 6.61 Å². The van der Waals surface area contributed by atoms with Crippen molar-refractivity contribution in [1.29, 1.82) is 0 Å². The van der Waals surface area contributed by atoms with Crippen molar-refractivity contribution in [3.8, 4) is 0 Å². The van der Waals surface area contributed by atoms with Gasteiger partial charge in [-0.15, -0.1) is 0 Å². The Bertz CT molecular complexity index is 174. The summed E-state index contributed by atoms with van der Waals surface area (Å²) in [5.41, 5.74) is 5.72. The maximum atomic E-state index is 11.5. The van der Waals surface area contributed by atoms with Gasteiger partial charge in [-0.3, -0.25) is 4.79 Å². The van der Waals surface area contributed by atoms with Gasteiger partial charge < -0.3 is 16.2 Å². The molecule has 15 heavy (non-hydrogen) atoms. The molecule has 0 aliphatic carbocycles. The molecule has 0 aromatic carbocycles. The standard InChI is InChI=1S/C11H24N2O2/c1-3-4-7-10(12)11(15)13-9(2)6-5-8-14/h9-10,14H,3-8,12H2,1-2H3,(H,13,15)/t9?,10-/m0/s1. The first-order valence-electron chi connectivity index (χ1n) is 5.78. The van der Waals surface area contributed by atoms with Crippen LogP contribution in [0, 0.1) is 0 Å². The Morgan fingerprint density at radius 2 is 2.07 bits per heavy atom. The van der Waals surface area contributed by atoms with Crippen molar-refractivity contribution < 1.29 is 9.90 Å². The van der Waals surface area contributed by atoms with E-state index in [9.17, 15) is 4.79 Å². The molecule has 4 nitrogen and oxygen atoms in total. The Kier molecular flexibility index (Phi) is 8.33. The van der Waals surface area contributed by atoms with E-state index in [1.807, 2.05) is 6.92 Å². The van der Waals surface area contributed by atoms with E-state index >= 15 is 0 Å². The highest BCUT2D eigenvalue weighted by Crippen LogP contribution is 2.00. The molecule has 0 saturated heterocycles. The highest BCUT2D eigenvalue weighted by Gasteiger charge is 2.14. The van der Waals surface area contributed by atoms with Crippen LogP contribution in [0.5, 0.6) is 0 Å². The second-order valence-corrected chi connectivity index (χ2v) is 4.02. The molecule has 0 bridgehead atoms. The van der Waals surface area contributed by atoms with Crippen molar-refractivity contribution in [2.24, 2.45) is 5.73 Å². The van der Waals surface area contributed by atoms with Crippen molar-refractivity contribution in [3.05, 3.63) is 0 Å². The van der Waals surface area contributed by atoms with Crippen LogP contribution < -0.4 is 11.1 Å². The number of hydrogen-bond donors (Lipinski definition) is 3. The number of rotatable bonds is 8. The predicted molar refractivity (Wildman–Crippen MR) is 61.4 cm³/mol. The number of aliphatic hydroxyl groups excluding tert-OH is 1. The fraction of sp³-hybridized carbons (Fsp3) is 0.909. The molecule has 0 fully saturated rings. The summed E-state index contributed by atoms with van der Waals surface area (Å²) in [6.07, 6.45) is 4.30. The molecule has 0 aromatic rings. The summed E-state index contributed by atoms with van der Waals surface area (Å²) in [5, 5.41) is 11.5. The first-order chi connectivity index (χ1) is 7.11. The minimum absolute atomic E-state index is 0.0751. The van der Waals surface area contributed by atoms with Gasteiger partial charge in [0.2, 0.25) is 5.91 Å². The average molecular weight is 216 g/mol. The smallest absolute Gasteiger partial charge is 0.237 e. The topological polar surface area (TPSA) is 75.4 Å². The summed E-state index contributed by atoms with van der Waals surface area (Å²) in [6.45, 7) is 4.18. The Morgan fingerprint density at radius 3 is 2.60 bits per heavy atom. The monoisotopic (exact) mass is 216 g/mol. The van der Waals surface area contributed by atoms with Crippen LogP contribution in [0.4, 0.5) is 0 Å². The Balaban J connectivity index is 3.70. The summed E-state index contributed by atoms with van der Waals surface area (Å²) in [7, 11) is 0. The molecule has 0 radical (unpaired) electrons. The fourth-order valence-corrected chi connectivity index (χ4v) is 1.37. The Morgan fingerprint density at radius 1 is 1.40 bits per heavy atom. The molecule has 0 aromatic heterocycles. The first-order valence-corrected chi connectivity index (χ1v) is 5.78. The van der Waals surface area contributed by atoms with E-state index in [2.05, 4.69) is 12.2 Å². The van der Waals surface area contributed by atoms with E-state index in [1.54, 1.807) is 0 Å². The lowest BCUT2D eigenvalue weighted by Crippen LogP contribution is -2.44. The number of carbonyl (C=O) groups is 1. The minimum atomic E-state index is -0.387. The van der Waals surface area contributed by atoms with E-state index in [1.165, 1.54) is 0 Å². The summed E-state index contributed by atoms with van der Waals surface area (Å²) in [5.74, 6) is -0.0751. The SMILES string of the molecule is CCCC[C@H](N)C(=O)NC(C)CCCO. The van der Waals surface area contributed by atoms with Crippen LogP contribution in [-0.4, -0.2) is 29.7 Å². The number of carbonyl (C=O) groups excluding carboxylic acids is 1. The zero-order chi connectivity index (χ0) is 11.7. The molecule has 0 rings (SSSR count). The molecule has 0 spiro atoms. The molecule has 0 aliphatic heterocycles. The zero-order valence-corrected chi connectivity index (χ0v) is 9.83. The molecule has 90 valence electrons. The number of nitrogens with one attached hydrogen (secondary N) is 1. The minimum Gasteiger partial charge on any atom is -0.396 e. The van der Waals surface area contributed by atoms with E-state index in [0.29, 0.717) is 6.42 Å².